The molecule has 1 aliphatic rings. The average Bonchev–Trinajstić information content (AvgIpc) is 2.59. The van der Waals surface area contributed by atoms with E-state index in [2.05, 4.69) is 0 Å². The molecule has 0 aromatic heterocycles. The van der Waals surface area contributed by atoms with Crippen LogP contribution in [0.4, 0.5) is 0 Å². The van der Waals surface area contributed by atoms with Gasteiger partial charge in [0.05, 0.1) is 12.5 Å². The Kier molecular flexibility index (Phi) is 5.64. The summed E-state index contributed by atoms with van der Waals surface area (Å²) in [5.74, 6) is 0.0284. The van der Waals surface area contributed by atoms with E-state index in [-0.39, 0.29) is 5.91 Å². The molecule has 1 heterocycles. The van der Waals surface area contributed by atoms with Gasteiger partial charge in [-0.05, 0) is 43.4 Å². The zero-order chi connectivity index (χ0) is 16.9. The Morgan fingerprint density at radius 3 is 2.83 bits per heavy atom. The first-order chi connectivity index (χ1) is 11.0. The summed E-state index contributed by atoms with van der Waals surface area (Å²) in [6.07, 6.45) is 3.00. The Balaban J connectivity index is 1.96. The molecule has 5 heteroatoms. The van der Waals surface area contributed by atoms with Gasteiger partial charge in [0.1, 0.15) is 5.75 Å². The van der Waals surface area contributed by atoms with E-state index >= 15 is 0 Å². The summed E-state index contributed by atoms with van der Waals surface area (Å²) in [5, 5.41) is 9.50. The van der Waals surface area contributed by atoms with Crippen molar-refractivity contribution in [1.29, 1.82) is 0 Å². The van der Waals surface area contributed by atoms with Gasteiger partial charge in [0.15, 0.2) is 0 Å². The summed E-state index contributed by atoms with van der Waals surface area (Å²) in [6, 6.07) is 7.68. The molecule has 126 valence electrons. The quantitative estimate of drug-likeness (QED) is 0.875. The van der Waals surface area contributed by atoms with Gasteiger partial charge in [-0.25, -0.2) is 0 Å². The smallest absolute Gasteiger partial charge is 0.311 e. The van der Waals surface area contributed by atoms with Crippen LogP contribution in [0.25, 0.3) is 0 Å². The number of carbonyl (C=O) groups excluding carboxylic acids is 1. The number of piperidine rings is 1. The minimum atomic E-state index is -0.787. The molecule has 0 spiro atoms. The van der Waals surface area contributed by atoms with Crippen molar-refractivity contribution in [3.8, 4) is 5.75 Å². The largest absolute Gasteiger partial charge is 0.497 e. The van der Waals surface area contributed by atoms with E-state index in [1.807, 2.05) is 31.2 Å². The number of amides is 1. The predicted molar refractivity (Wildman–Crippen MR) is 87.5 cm³/mol. The molecule has 1 N–H and O–H groups in total. The highest BCUT2D eigenvalue weighted by Gasteiger charge is 2.41. The summed E-state index contributed by atoms with van der Waals surface area (Å²) in [4.78, 5) is 25.8. The van der Waals surface area contributed by atoms with E-state index in [4.69, 9.17) is 4.74 Å². The molecule has 1 atom stereocenters. The molecule has 0 saturated carbocycles. The van der Waals surface area contributed by atoms with Gasteiger partial charge in [-0.3, -0.25) is 9.59 Å². The molecular weight excluding hydrogens is 294 g/mol. The fourth-order valence-corrected chi connectivity index (χ4v) is 3.20. The van der Waals surface area contributed by atoms with Gasteiger partial charge in [-0.15, -0.1) is 0 Å². The molecule has 0 radical (unpaired) electrons. The molecule has 1 aliphatic heterocycles. The molecule has 1 aromatic carbocycles. The predicted octanol–water partition coefficient (Wildman–Crippen LogP) is 2.73. The van der Waals surface area contributed by atoms with Gasteiger partial charge >= 0.3 is 5.97 Å². The van der Waals surface area contributed by atoms with Crippen molar-refractivity contribution in [2.45, 2.75) is 39.0 Å². The number of nitrogens with zero attached hydrogens (tertiary/aromatic N) is 1. The number of hydrogen-bond donors (Lipinski definition) is 1. The minimum Gasteiger partial charge on any atom is -0.497 e. The van der Waals surface area contributed by atoms with Crippen LogP contribution in [0.5, 0.6) is 5.75 Å². The van der Waals surface area contributed by atoms with E-state index in [9.17, 15) is 14.7 Å². The third-order valence-corrected chi connectivity index (χ3v) is 4.82. The zero-order valence-electron chi connectivity index (χ0n) is 13.9. The fourth-order valence-electron chi connectivity index (χ4n) is 3.20. The lowest BCUT2D eigenvalue weighted by Gasteiger charge is -2.39. The van der Waals surface area contributed by atoms with Crippen molar-refractivity contribution in [1.82, 2.24) is 4.90 Å². The number of hydrogen-bond acceptors (Lipinski definition) is 3. The van der Waals surface area contributed by atoms with E-state index in [1.165, 1.54) is 0 Å². The van der Waals surface area contributed by atoms with Crippen LogP contribution in [0.1, 0.15) is 38.2 Å². The van der Waals surface area contributed by atoms with Crippen molar-refractivity contribution in [2.75, 3.05) is 20.2 Å². The number of carboxylic acids is 1. The van der Waals surface area contributed by atoms with E-state index in [0.29, 0.717) is 38.8 Å². The number of ether oxygens (including phenoxy) is 1. The number of aryl methyl sites for hydroxylation is 1. The average molecular weight is 319 g/mol. The van der Waals surface area contributed by atoms with Gasteiger partial charge in [0.2, 0.25) is 5.91 Å². The van der Waals surface area contributed by atoms with Crippen LogP contribution < -0.4 is 4.74 Å². The number of likely N-dealkylation sites (tertiary alicyclic amines) is 1. The van der Waals surface area contributed by atoms with Crippen molar-refractivity contribution in [3.05, 3.63) is 29.8 Å². The highest BCUT2D eigenvalue weighted by atomic mass is 16.5. The topological polar surface area (TPSA) is 66.8 Å². The van der Waals surface area contributed by atoms with Crippen LogP contribution in [-0.4, -0.2) is 42.1 Å². The molecule has 1 unspecified atom stereocenters. The van der Waals surface area contributed by atoms with Gasteiger partial charge in [-0.1, -0.05) is 19.1 Å². The summed E-state index contributed by atoms with van der Waals surface area (Å²) in [5.41, 5.74) is 0.277. The molecule has 1 aromatic rings. The van der Waals surface area contributed by atoms with Crippen molar-refractivity contribution < 1.29 is 19.4 Å². The molecule has 0 bridgehead atoms. The molecular formula is C18H25NO4. The van der Waals surface area contributed by atoms with Gasteiger partial charge in [0.25, 0.3) is 0 Å². The van der Waals surface area contributed by atoms with Crippen LogP contribution in [0.3, 0.4) is 0 Å². The lowest BCUT2D eigenvalue weighted by molar-refractivity contribution is -0.155. The van der Waals surface area contributed by atoms with Crippen molar-refractivity contribution >= 4 is 11.9 Å². The third kappa shape index (κ3) is 4.03. The first-order valence-electron chi connectivity index (χ1n) is 8.15. The minimum absolute atomic E-state index is 0.0339. The van der Waals surface area contributed by atoms with Crippen LogP contribution in [0.2, 0.25) is 0 Å². The van der Waals surface area contributed by atoms with Gasteiger partial charge in [0, 0.05) is 19.5 Å². The number of benzene rings is 1. The monoisotopic (exact) mass is 319 g/mol. The Morgan fingerprint density at radius 1 is 1.39 bits per heavy atom. The Bertz CT molecular complexity index is 572. The van der Waals surface area contributed by atoms with E-state index in [1.54, 1.807) is 12.0 Å². The molecule has 23 heavy (non-hydrogen) atoms. The lowest BCUT2D eigenvalue weighted by atomic mass is 9.77. The standard InChI is InChI=1S/C18H25NO4/c1-3-18(17(21)22)10-5-11-19(13-18)16(20)9-8-14-6-4-7-15(12-14)23-2/h4,6-7,12H,3,5,8-11,13H2,1-2H3,(H,21,22). The Labute approximate surface area is 137 Å². The maximum Gasteiger partial charge on any atom is 0.311 e. The second kappa shape index (κ2) is 7.49. The molecule has 5 nitrogen and oxygen atoms in total. The van der Waals surface area contributed by atoms with Crippen molar-refractivity contribution in [2.24, 2.45) is 5.41 Å². The van der Waals surface area contributed by atoms with Gasteiger partial charge in [-0.2, -0.15) is 0 Å². The number of methoxy groups -OCH3 is 1. The normalized spacial score (nSPS) is 21.0. The SMILES string of the molecule is CCC1(C(=O)O)CCCN(C(=O)CCc2cccc(OC)c2)C1. The van der Waals surface area contributed by atoms with Gasteiger partial charge < -0.3 is 14.7 Å². The molecule has 0 aliphatic carbocycles. The number of carboxylic acid groups (broad SMARTS) is 1. The zero-order valence-corrected chi connectivity index (χ0v) is 13.9. The molecule has 1 fully saturated rings. The highest BCUT2D eigenvalue weighted by molar-refractivity contribution is 5.80. The van der Waals surface area contributed by atoms with Crippen LogP contribution >= 0.6 is 0 Å². The second-order valence-electron chi connectivity index (χ2n) is 6.21. The van der Waals surface area contributed by atoms with Crippen LogP contribution in [-0.2, 0) is 16.0 Å². The highest BCUT2D eigenvalue weighted by Crippen LogP contribution is 2.34. The Morgan fingerprint density at radius 2 is 2.17 bits per heavy atom. The molecule has 1 saturated heterocycles. The molecule has 1 amide bonds. The number of aliphatic carboxylic acids is 1. The summed E-state index contributed by atoms with van der Waals surface area (Å²) in [6.45, 7) is 2.88. The first-order valence-corrected chi connectivity index (χ1v) is 8.15. The summed E-state index contributed by atoms with van der Waals surface area (Å²) in [7, 11) is 1.62. The van der Waals surface area contributed by atoms with E-state index < -0.39 is 11.4 Å². The maximum absolute atomic E-state index is 12.5. The maximum atomic E-state index is 12.5. The first kappa shape index (κ1) is 17.3. The third-order valence-electron chi connectivity index (χ3n) is 4.82. The van der Waals surface area contributed by atoms with Crippen LogP contribution in [0, 0.1) is 5.41 Å². The number of carbonyl (C=O) groups is 2. The summed E-state index contributed by atoms with van der Waals surface area (Å²) < 4.78 is 5.19. The number of rotatable bonds is 6. The summed E-state index contributed by atoms with van der Waals surface area (Å²) >= 11 is 0. The lowest BCUT2D eigenvalue weighted by Crippen LogP contribution is -2.49. The Hall–Kier alpha value is -2.04. The molecule has 2 rings (SSSR count). The van der Waals surface area contributed by atoms with Crippen molar-refractivity contribution in [3.63, 3.8) is 0 Å². The fraction of sp³-hybridized carbons (Fsp3) is 0.556. The van der Waals surface area contributed by atoms with E-state index in [0.717, 1.165) is 17.7 Å². The van der Waals surface area contributed by atoms with Crippen LogP contribution in [0.15, 0.2) is 24.3 Å². The second-order valence-corrected chi connectivity index (χ2v) is 6.21.